The smallest absolute Gasteiger partial charge is 0.326 e. The summed E-state index contributed by atoms with van der Waals surface area (Å²) < 4.78 is 0. The highest BCUT2D eigenvalue weighted by atomic mass is 16.4. The van der Waals surface area contributed by atoms with Crippen LogP contribution in [0.2, 0.25) is 0 Å². The highest BCUT2D eigenvalue weighted by Gasteiger charge is 2.36. The normalized spacial score (nSPS) is 15.0. The van der Waals surface area contributed by atoms with Gasteiger partial charge in [-0.25, -0.2) is 9.78 Å². The number of aliphatic carboxylic acids is 3. The quantitative estimate of drug-likeness (QED) is 0.0270. The van der Waals surface area contributed by atoms with Crippen LogP contribution in [0.3, 0.4) is 0 Å². The molecule has 1 rings (SSSR count). The predicted octanol–water partition coefficient (Wildman–Crippen LogP) is -10.1. The van der Waals surface area contributed by atoms with Crippen LogP contribution >= 0.6 is 0 Å². The number of amides is 13. The van der Waals surface area contributed by atoms with E-state index in [4.69, 9.17) is 22.3 Å². The number of carboxylic acids is 3. The number of nitrogens with zero attached hydrogens (tertiary/aromatic N) is 1. The number of carbonyl (C=O) groups is 16. The number of imidazole rings is 1. The number of carbonyl (C=O) groups excluding carboxylic acids is 13. The molecule has 0 aliphatic heterocycles. The van der Waals surface area contributed by atoms with Gasteiger partial charge in [0, 0.05) is 31.2 Å². The second-order valence-corrected chi connectivity index (χ2v) is 21.7. The zero-order valence-corrected chi connectivity index (χ0v) is 51.5. The van der Waals surface area contributed by atoms with Crippen molar-refractivity contribution in [2.24, 2.45) is 29.0 Å². The number of hydrogen-bond donors (Lipinski definition) is 22. The van der Waals surface area contributed by atoms with Gasteiger partial charge in [0.15, 0.2) is 0 Å². The van der Waals surface area contributed by atoms with Crippen LogP contribution in [0.4, 0.5) is 0 Å². The molecule has 25 N–H and O–H groups in total. The lowest BCUT2D eigenvalue weighted by molar-refractivity contribution is -0.144. The fraction of sp³-hybridized carbons (Fsp3) is 0.642. The van der Waals surface area contributed by atoms with E-state index in [2.05, 4.69) is 63.1 Å². The first-order valence-corrected chi connectivity index (χ1v) is 28.9. The molecule has 0 spiro atoms. The lowest BCUT2D eigenvalue weighted by atomic mass is 10.0. The largest absolute Gasteiger partial charge is 0.481 e. The third-order valence-electron chi connectivity index (χ3n) is 13.4. The van der Waals surface area contributed by atoms with Gasteiger partial charge in [0.25, 0.3) is 0 Å². The number of carboxylic acid groups (broad SMARTS) is 3. The molecule has 1 heterocycles. The first-order chi connectivity index (χ1) is 43.1. The van der Waals surface area contributed by atoms with Gasteiger partial charge < -0.3 is 117 Å². The van der Waals surface area contributed by atoms with Crippen molar-refractivity contribution in [3.8, 4) is 0 Å². The average molecular weight is 1310 g/mol. The molecule has 39 heteroatoms. The van der Waals surface area contributed by atoms with E-state index < -0.39 is 238 Å². The highest BCUT2D eigenvalue weighted by Crippen LogP contribution is 2.09. The summed E-state index contributed by atoms with van der Waals surface area (Å²) in [7, 11) is 0. The highest BCUT2D eigenvalue weighted by molar-refractivity contribution is 6.00. The summed E-state index contributed by atoms with van der Waals surface area (Å²) in [5.41, 5.74) is 17.0. The van der Waals surface area contributed by atoms with E-state index in [-0.39, 0.29) is 12.8 Å². The molecule has 0 aromatic carbocycles. The van der Waals surface area contributed by atoms with Crippen molar-refractivity contribution >= 4 is 94.7 Å². The molecule has 1 aromatic rings. The van der Waals surface area contributed by atoms with E-state index in [1.165, 1.54) is 47.1 Å². The number of nitrogens with two attached hydrogens (primary N) is 3. The number of unbranched alkanes of at least 4 members (excludes halogenated alkanes) is 1. The maximum absolute atomic E-state index is 13.7. The number of rotatable bonds is 44. The van der Waals surface area contributed by atoms with Crippen molar-refractivity contribution in [2.45, 2.75) is 172 Å². The number of aliphatic hydroxyl groups is 3. The molecule has 0 saturated heterocycles. The maximum Gasteiger partial charge on any atom is 0.326 e. The Bertz CT molecular complexity index is 2730. The zero-order valence-electron chi connectivity index (χ0n) is 51.5. The Hall–Kier alpha value is -9.47. The molecule has 0 aliphatic rings. The number of aromatic amines is 1. The lowest BCUT2D eigenvalue weighted by Crippen LogP contribution is -2.62. The number of aromatic nitrogens is 2. The Morgan fingerprint density at radius 1 is 0.478 bits per heavy atom. The van der Waals surface area contributed by atoms with Crippen molar-refractivity contribution in [3.05, 3.63) is 18.2 Å². The number of hydrogen-bond acceptors (Lipinski definition) is 22. The molecular formula is C53H87N17O22. The van der Waals surface area contributed by atoms with E-state index >= 15 is 0 Å². The van der Waals surface area contributed by atoms with Crippen molar-refractivity contribution in [1.29, 1.82) is 0 Å². The molecule has 13 amide bonds. The van der Waals surface area contributed by atoms with E-state index in [1.54, 1.807) is 0 Å². The molecule has 0 saturated carbocycles. The van der Waals surface area contributed by atoms with Gasteiger partial charge in [-0.15, -0.1) is 0 Å². The number of primary amides is 1. The van der Waals surface area contributed by atoms with Crippen molar-refractivity contribution in [2.75, 3.05) is 32.9 Å². The Balaban J connectivity index is 3.11. The Morgan fingerprint density at radius 2 is 0.891 bits per heavy atom. The summed E-state index contributed by atoms with van der Waals surface area (Å²) >= 11 is 0. The number of nitrogens with one attached hydrogen (secondary N) is 13. The van der Waals surface area contributed by atoms with Crippen molar-refractivity contribution in [1.82, 2.24) is 73.8 Å². The second kappa shape index (κ2) is 41.0. The Morgan fingerprint density at radius 3 is 1.30 bits per heavy atom. The van der Waals surface area contributed by atoms with Crippen molar-refractivity contribution in [3.63, 3.8) is 0 Å². The SMILES string of the molecule is CC(C)[C@H](NC(=O)[C@H](C)NC(=O)[C@H](CCC(=O)O)NC(=O)CNC(=O)[C@H](CC(N)=O)NC(=O)[C@H](CO)NC(=O)[C@H](CO)NC(=O)[C@@H](NC(=O)[C@H](C)NC(=O)[C@H](Cc1cnc[nH]1)NC(=O)[C@H](CO)NC(=O)[C@@H](N)CCCCN)C(C)C)C(=O)N[C@@H](CCC(=O)O)C(=O)O. The lowest BCUT2D eigenvalue weighted by Gasteiger charge is -2.27. The maximum atomic E-state index is 13.7. The summed E-state index contributed by atoms with van der Waals surface area (Å²) in [5.74, 6) is -20.1. The second-order valence-electron chi connectivity index (χ2n) is 21.7. The Kier molecular flexibility index (Phi) is 35.9. The summed E-state index contributed by atoms with van der Waals surface area (Å²) in [6, 6.07) is -19.2. The summed E-state index contributed by atoms with van der Waals surface area (Å²) in [6.45, 7) is 4.31. The van der Waals surface area contributed by atoms with Gasteiger partial charge in [-0.1, -0.05) is 34.1 Å². The van der Waals surface area contributed by atoms with E-state index in [0.29, 0.717) is 25.1 Å². The fourth-order valence-corrected chi connectivity index (χ4v) is 8.06. The third-order valence-corrected chi connectivity index (χ3v) is 13.4. The van der Waals surface area contributed by atoms with Crippen LogP contribution in [0.1, 0.15) is 98.6 Å². The average Bonchev–Trinajstić information content (AvgIpc) is 1.08. The van der Waals surface area contributed by atoms with Gasteiger partial charge in [0.05, 0.1) is 45.2 Å². The van der Waals surface area contributed by atoms with Gasteiger partial charge >= 0.3 is 17.9 Å². The zero-order chi connectivity index (χ0) is 70.1. The fourth-order valence-electron chi connectivity index (χ4n) is 8.06. The molecule has 92 heavy (non-hydrogen) atoms. The summed E-state index contributed by atoms with van der Waals surface area (Å²) in [6.07, 6.45) is 0.311. The van der Waals surface area contributed by atoms with E-state index in [9.17, 15) is 102 Å². The van der Waals surface area contributed by atoms with Gasteiger partial charge in [-0.2, -0.15) is 0 Å². The predicted molar refractivity (Wildman–Crippen MR) is 315 cm³/mol. The minimum Gasteiger partial charge on any atom is -0.481 e. The minimum atomic E-state index is -2.00. The van der Waals surface area contributed by atoms with Crippen LogP contribution in [-0.4, -0.2) is 241 Å². The van der Waals surface area contributed by atoms with Crippen LogP contribution in [0.15, 0.2) is 12.5 Å². The van der Waals surface area contributed by atoms with E-state index in [0.717, 1.165) is 6.92 Å². The Labute approximate surface area is 526 Å². The van der Waals surface area contributed by atoms with Gasteiger partial charge in [-0.3, -0.25) is 71.9 Å². The number of aliphatic hydroxyl groups excluding tert-OH is 3. The molecule has 0 bridgehead atoms. The standard InChI is InChI=1S/C53H87N17O22/c1-23(2)40(51(89)63-30(53(91)92)11-13-39(78)79)69-42(80)25(5)60-46(84)29(10-12-38(76)77)62-37(75)18-58-45(83)32(16-36(56)74)65-49(87)34(20-72)67-50(88)35(21-73)68-52(90)41(24(3)4)70-43(81)26(6)61-47(85)31(15-27-17-57-22-59-27)64-48(86)33(19-71)66-44(82)28(55)9-7-8-14-54/h17,22-26,28-35,40-41,71-73H,7-16,18-21,54-55H2,1-6H3,(H2,56,74)(H,57,59)(H,58,83)(H,60,84)(H,61,85)(H,62,75)(H,63,89)(H,64,86)(H,65,87)(H,66,82)(H,67,88)(H,68,90)(H,69,80)(H,70,81)(H,76,77)(H,78,79)(H,91,92)/t25-,26-,28-,29-,30-,31-,32-,33-,34-,35-,40-,41-/m0/s1. The summed E-state index contributed by atoms with van der Waals surface area (Å²) in [4.78, 5) is 212. The van der Waals surface area contributed by atoms with Crippen LogP contribution in [0.5, 0.6) is 0 Å². The molecule has 39 nitrogen and oxygen atoms in total. The topological polar surface area (TPSA) is 646 Å². The van der Waals surface area contributed by atoms with Crippen LogP contribution < -0.4 is 81.0 Å². The molecule has 516 valence electrons. The van der Waals surface area contributed by atoms with Crippen LogP contribution in [0.25, 0.3) is 0 Å². The molecule has 0 aliphatic carbocycles. The monoisotopic (exact) mass is 1310 g/mol. The van der Waals surface area contributed by atoms with Gasteiger partial charge in [0.1, 0.15) is 66.5 Å². The summed E-state index contributed by atoms with van der Waals surface area (Å²) in [5, 5.41) is 84.7. The third kappa shape index (κ3) is 29.4. The molecule has 12 atom stereocenters. The number of H-pyrrole nitrogens is 1. The molecular weight excluding hydrogens is 1230 g/mol. The molecule has 1 aromatic heterocycles. The molecule has 0 radical (unpaired) electrons. The minimum absolute atomic E-state index is 0.230. The molecule has 0 fully saturated rings. The van der Waals surface area contributed by atoms with Crippen LogP contribution in [0, 0.1) is 11.8 Å². The van der Waals surface area contributed by atoms with E-state index in [1.807, 2.05) is 10.6 Å². The van der Waals surface area contributed by atoms with Crippen LogP contribution in [-0.2, 0) is 83.1 Å². The first kappa shape index (κ1) is 80.5. The van der Waals surface area contributed by atoms with Gasteiger partial charge in [0.2, 0.25) is 76.8 Å². The van der Waals surface area contributed by atoms with Gasteiger partial charge in [-0.05, 0) is 57.9 Å². The van der Waals surface area contributed by atoms with Crippen molar-refractivity contribution < 1.29 is 107 Å². The first-order valence-electron chi connectivity index (χ1n) is 28.9. The molecule has 0 unspecified atom stereocenters.